The Hall–Kier alpha value is 1.83. The normalized spacial score (nSPS) is 17.8. The van der Waals surface area contributed by atoms with Gasteiger partial charge in [-0.05, 0) is 12.8 Å². The molecule has 0 radical (unpaired) electrons. The second kappa shape index (κ2) is 10.0. The first-order valence-corrected chi connectivity index (χ1v) is 8.12. The average Bonchev–Trinajstić information content (AvgIpc) is 2.21. The molecule has 86 valence electrons. The molecule has 3 unspecified atom stereocenters. The SMILES string of the molecule is ClCC(Cl)C(Cl)C(Br)CCCCCBr. The van der Waals surface area contributed by atoms with Crippen molar-refractivity contribution >= 4 is 66.7 Å². The van der Waals surface area contributed by atoms with Gasteiger partial charge in [0.25, 0.3) is 0 Å². The third kappa shape index (κ3) is 7.16. The summed E-state index contributed by atoms with van der Waals surface area (Å²) >= 11 is 24.7. The highest BCUT2D eigenvalue weighted by Crippen LogP contribution is 2.25. The maximum Gasteiger partial charge on any atom is 0.0645 e. The molecule has 5 heteroatoms. The second-order valence-corrected chi connectivity index (χ2v) is 6.51. The number of unbranched alkanes of at least 4 members (excludes halogenated alkanes) is 2. The summed E-state index contributed by atoms with van der Waals surface area (Å²) in [5, 5.41) is 0.835. The summed E-state index contributed by atoms with van der Waals surface area (Å²) in [4.78, 5) is 0.265. The van der Waals surface area contributed by atoms with E-state index in [-0.39, 0.29) is 15.6 Å². The van der Waals surface area contributed by atoms with Crippen LogP contribution in [0.4, 0.5) is 0 Å². The predicted molar refractivity (Wildman–Crippen MR) is 75.0 cm³/mol. The molecule has 0 aliphatic carbocycles. The van der Waals surface area contributed by atoms with Crippen molar-refractivity contribution in [1.82, 2.24) is 0 Å². The van der Waals surface area contributed by atoms with Crippen LogP contribution in [0.5, 0.6) is 0 Å². The van der Waals surface area contributed by atoms with Gasteiger partial charge in [0.2, 0.25) is 0 Å². The van der Waals surface area contributed by atoms with Gasteiger partial charge in [-0.3, -0.25) is 0 Å². The molecule has 0 fully saturated rings. The molecule has 0 saturated heterocycles. The Kier molecular flexibility index (Phi) is 11.3. The van der Waals surface area contributed by atoms with Crippen LogP contribution in [-0.2, 0) is 0 Å². The summed E-state index contributed by atoms with van der Waals surface area (Å²) < 4.78 is 0. The highest BCUT2D eigenvalue weighted by Gasteiger charge is 2.23. The van der Waals surface area contributed by atoms with E-state index >= 15 is 0 Å². The van der Waals surface area contributed by atoms with Crippen molar-refractivity contribution in [2.75, 3.05) is 11.2 Å². The Morgan fingerprint density at radius 3 is 2.21 bits per heavy atom. The van der Waals surface area contributed by atoms with Crippen molar-refractivity contribution in [2.45, 2.75) is 41.3 Å². The van der Waals surface area contributed by atoms with Gasteiger partial charge in [0, 0.05) is 16.0 Å². The minimum atomic E-state index is -0.154. The van der Waals surface area contributed by atoms with Crippen LogP contribution in [0, 0.1) is 0 Å². The standard InChI is InChI=1S/C9H15Br2Cl3/c10-5-3-1-2-4-7(11)9(14)8(13)6-12/h7-9H,1-6H2. The van der Waals surface area contributed by atoms with E-state index in [9.17, 15) is 0 Å². The molecule has 0 aromatic heterocycles. The minimum absolute atomic E-state index is 0.0851. The monoisotopic (exact) mass is 386 g/mol. The number of hydrogen-bond donors (Lipinski definition) is 0. The van der Waals surface area contributed by atoms with E-state index in [1.807, 2.05) is 0 Å². The van der Waals surface area contributed by atoms with Crippen molar-refractivity contribution < 1.29 is 0 Å². The molecule has 0 heterocycles. The molecule has 0 rings (SSSR count). The van der Waals surface area contributed by atoms with Crippen molar-refractivity contribution in [2.24, 2.45) is 0 Å². The number of hydrogen-bond acceptors (Lipinski definition) is 0. The molecule has 0 aromatic rings. The molecular weight excluding hydrogens is 374 g/mol. The Balaban J connectivity index is 3.56. The number of alkyl halides is 5. The lowest BCUT2D eigenvalue weighted by Crippen LogP contribution is -2.26. The molecule has 14 heavy (non-hydrogen) atoms. The van der Waals surface area contributed by atoms with Crippen LogP contribution in [0.2, 0.25) is 0 Å². The fourth-order valence-corrected chi connectivity index (χ4v) is 3.02. The largest absolute Gasteiger partial charge is 0.125 e. The first-order valence-electron chi connectivity index (χ1n) is 4.67. The van der Waals surface area contributed by atoms with Crippen LogP contribution in [0.15, 0.2) is 0 Å². The van der Waals surface area contributed by atoms with E-state index in [4.69, 9.17) is 34.8 Å². The van der Waals surface area contributed by atoms with Gasteiger partial charge in [0.05, 0.1) is 10.8 Å². The van der Waals surface area contributed by atoms with Gasteiger partial charge >= 0.3 is 0 Å². The highest BCUT2D eigenvalue weighted by atomic mass is 79.9. The lowest BCUT2D eigenvalue weighted by atomic mass is 10.1. The summed E-state index contributed by atoms with van der Waals surface area (Å²) in [5.74, 6) is 0.402. The topological polar surface area (TPSA) is 0 Å². The molecule has 0 N–H and O–H groups in total. The third-order valence-electron chi connectivity index (χ3n) is 1.95. The van der Waals surface area contributed by atoms with Gasteiger partial charge in [-0.1, -0.05) is 44.7 Å². The van der Waals surface area contributed by atoms with Crippen LogP contribution in [0.1, 0.15) is 25.7 Å². The fraction of sp³-hybridized carbons (Fsp3) is 1.00. The summed E-state index contributed by atoms with van der Waals surface area (Å²) in [6.07, 6.45) is 4.68. The maximum absolute atomic E-state index is 6.12. The van der Waals surface area contributed by atoms with Crippen molar-refractivity contribution in [3.05, 3.63) is 0 Å². The van der Waals surface area contributed by atoms with E-state index in [1.54, 1.807) is 0 Å². The molecule has 0 amide bonds. The molecule has 0 aliphatic rings. The van der Waals surface area contributed by atoms with Crippen molar-refractivity contribution in [3.8, 4) is 0 Å². The Bertz CT molecular complexity index is 135. The van der Waals surface area contributed by atoms with Crippen LogP contribution < -0.4 is 0 Å². The van der Waals surface area contributed by atoms with Gasteiger partial charge in [0.1, 0.15) is 0 Å². The minimum Gasteiger partial charge on any atom is -0.125 e. The smallest absolute Gasteiger partial charge is 0.0645 e. The van der Waals surface area contributed by atoms with E-state index in [1.165, 1.54) is 19.3 Å². The summed E-state index contributed by atoms with van der Waals surface area (Å²) in [7, 11) is 0. The lowest BCUT2D eigenvalue weighted by Gasteiger charge is -2.19. The lowest BCUT2D eigenvalue weighted by molar-refractivity contribution is 0.630. The molecule has 0 spiro atoms. The fourth-order valence-electron chi connectivity index (χ4n) is 1.08. The molecule has 0 bridgehead atoms. The maximum atomic E-state index is 6.12. The van der Waals surface area contributed by atoms with Gasteiger partial charge in [-0.15, -0.1) is 34.8 Å². The predicted octanol–water partition coefficient (Wildman–Crippen LogP) is 5.16. The van der Waals surface area contributed by atoms with Gasteiger partial charge in [-0.2, -0.15) is 0 Å². The van der Waals surface area contributed by atoms with Crippen molar-refractivity contribution in [3.63, 3.8) is 0 Å². The molecular formula is C9H15Br2Cl3. The molecule has 3 atom stereocenters. The van der Waals surface area contributed by atoms with Crippen LogP contribution in [0.25, 0.3) is 0 Å². The summed E-state index contributed by atoms with van der Waals surface area (Å²) in [5.41, 5.74) is 0. The van der Waals surface area contributed by atoms with Gasteiger partial charge in [0.15, 0.2) is 0 Å². The quantitative estimate of drug-likeness (QED) is 0.397. The average molecular weight is 389 g/mol. The Labute approximate surface area is 118 Å². The molecule has 0 nitrogen and oxygen atoms in total. The van der Waals surface area contributed by atoms with E-state index in [0.717, 1.165) is 11.8 Å². The number of halogens is 5. The van der Waals surface area contributed by atoms with Crippen molar-refractivity contribution in [1.29, 1.82) is 0 Å². The van der Waals surface area contributed by atoms with Gasteiger partial charge < -0.3 is 0 Å². The molecule has 0 saturated carbocycles. The van der Waals surface area contributed by atoms with Crippen LogP contribution in [-0.4, -0.2) is 26.8 Å². The summed E-state index contributed by atoms with van der Waals surface area (Å²) in [6.45, 7) is 0. The van der Waals surface area contributed by atoms with Crippen LogP contribution in [0.3, 0.4) is 0 Å². The van der Waals surface area contributed by atoms with E-state index < -0.39 is 0 Å². The zero-order valence-corrected chi connectivity index (χ0v) is 13.3. The Morgan fingerprint density at radius 1 is 1.07 bits per heavy atom. The van der Waals surface area contributed by atoms with E-state index in [2.05, 4.69) is 31.9 Å². The second-order valence-electron chi connectivity index (χ2n) is 3.17. The van der Waals surface area contributed by atoms with E-state index in [0.29, 0.717) is 5.88 Å². The summed E-state index contributed by atoms with van der Waals surface area (Å²) in [6, 6.07) is 0. The first kappa shape index (κ1) is 15.8. The zero-order valence-electron chi connectivity index (χ0n) is 7.86. The van der Waals surface area contributed by atoms with Crippen LogP contribution >= 0.6 is 66.7 Å². The first-order chi connectivity index (χ1) is 6.63. The zero-order chi connectivity index (χ0) is 11.0. The third-order valence-corrected chi connectivity index (χ3v) is 5.50. The number of rotatable bonds is 8. The van der Waals surface area contributed by atoms with Gasteiger partial charge in [-0.25, -0.2) is 0 Å². The highest BCUT2D eigenvalue weighted by molar-refractivity contribution is 9.09. The Morgan fingerprint density at radius 2 is 1.71 bits per heavy atom. The molecule has 0 aromatic carbocycles. The molecule has 0 aliphatic heterocycles.